The molecule has 0 saturated carbocycles. The number of nitrogens with zero attached hydrogens (tertiary/aromatic N) is 1. The number of aromatic nitrogens is 1. The molecular weight excluding hydrogens is 369 g/mol. The molecule has 6 heteroatoms. The number of carbonyl (C=O) groups is 2. The number of hydrogen-bond acceptors (Lipinski definition) is 3. The minimum absolute atomic E-state index is 0.0478. The number of ketones is 1. The summed E-state index contributed by atoms with van der Waals surface area (Å²) in [6.45, 7) is 1.48. The molecule has 0 aliphatic heterocycles. The van der Waals surface area contributed by atoms with Gasteiger partial charge in [-0.1, -0.05) is 12.1 Å². The lowest BCUT2D eigenvalue weighted by molar-refractivity contribution is 0.101. The summed E-state index contributed by atoms with van der Waals surface area (Å²) in [5.74, 6) is 0.416. The second-order valence-electron chi connectivity index (χ2n) is 4.08. The van der Waals surface area contributed by atoms with Crippen molar-refractivity contribution in [3.05, 3.63) is 51.7 Å². The highest BCUT2D eigenvalue weighted by atomic mass is 127. The quantitative estimate of drug-likeness (QED) is 0.631. The third-order valence-corrected chi connectivity index (χ3v) is 3.13. The molecular formula is C14H12IN3O2. The van der Waals surface area contributed by atoms with E-state index in [-0.39, 0.29) is 5.78 Å². The zero-order chi connectivity index (χ0) is 14.5. The van der Waals surface area contributed by atoms with Crippen molar-refractivity contribution in [2.75, 3.05) is 10.6 Å². The van der Waals surface area contributed by atoms with E-state index in [4.69, 9.17) is 0 Å². The number of benzene rings is 1. The van der Waals surface area contributed by atoms with E-state index in [9.17, 15) is 9.59 Å². The second kappa shape index (κ2) is 6.47. The number of rotatable bonds is 3. The third kappa shape index (κ3) is 4.02. The van der Waals surface area contributed by atoms with Crippen LogP contribution in [0.2, 0.25) is 0 Å². The number of pyridine rings is 1. The van der Waals surface area contributed by atoms with Crippen molar-refractivity contribution < 1.29 is 9.59 Å². The summed E-state index contributed by atoms with van der Waals surface area (Å²) in [4.78, 5) is 27.1. The van der Waals surface area contributed by atoms with Crippen LogP contribution >= 0.6 is 22.6 Å². The van der Waals surface area contributed by atoms with E-state index in [0.29, 0.717) is 17.1 Å². The van der Waals surface area contributed by atoms with E-state index in [1.165, 1.54) is 6.92 Å². The van der Waals surface area contributed by atoms with E-state index < -0.39 is 6.03 Å². The molecule has 0 saturated heterocycles. The largest absolute Gasteiger partial charge is 0.324 e. The molecule has 1 aromatic heterocycles. The number of halogens is 1. The molecule has 2 N–H and O–H groups in total. The zero-order valence-electron chi connectivity index (χ0n) is 10.7. The van der Waals surface area contributed by atoms with E-state index in [0.717, 1.165) is 3.57 Å². The Balaban J connectivity index is 2.02. The van der Waals surface area contributed by atoms with Gasteiger partial charge < -0.3 is 5.32 Å². The van der Waals surface area contributed by atoms with Crippen molar-refractivity contribution in [2.24, 2.45) is 0 Å². The van der Waals surface area contributed by atoms with Crippen LogP contribution in [0.3, 0.4) is 0 Å². The normalized spacial score (nSPS) is 9.90. The predicted molar refractivity (Wildman–Crippen MR) is 86.0 cm³/mol. The lowest BCUT2D eigenvalue weighted by Gasteiger charge is -2.07. The zero-order valence-corrected chi connectivity index (χ0v) is 12.8. The number of hydrogen-bond donors (Lipinski definition) is 2. The molecule has 0 spiro atoms. The van der Waals surface area contributed by atoms with E-state index in [1.54, 1.807) is 36.5 Å². The fraction of sp³-hybridized carbons (Fsp3) is 0.0714. The van der Waals surface area contributed by atoms with Gasteiger partial charge in [-0.3, -0.25) is 10.1 Å². The van der Waals surface area contributed by atoms with Gasteiger partial charge >= 0.3 is 6.03 Å². The van der Waals surface area contributed by atoms with Crippen LogP contribution < -0.4 is 10.6 Å². The highest BCUT2D eigenvalue weighted by Crippen LogP contribution is 2.12. The van der Waals surface area contributed by atoms with Crippen LogP contribution in [0.4, 0.5) is 16.3 Å². The van der Waals surface area contributed by atoms with Crippen molar-refractivity contribution in [1.29, 1.82) is 0 Å². The van der Waals surface area contributed by atoms with Crippen LogP contribution in [0, 0.1) is 3.57 Å². The fourth-order valence-corrected chi connectivity index (χ4v) is 1.86. The molecule has 20 heavy (non-hydrogen) atoms. The van der Waals surface area contributed by atoms with Gasteiger partial charge in [0, 0.05) is 21.0 Å². The van der Waals surface area contributed by atoms with Gasteiger partial charge in [-0.15, -0.1) is 0 Å². The van der Waals surface area contributed by atoms with Gasteiger partial charge in [-0.25, -0.2) is 9.78 Å². The standard InChI is InChI=1S/C14H12IN3O2/c1-9(19)10-3-2-4-12(7-10)17-14(20)18-13-6-5-11(15)8-16-13/h2-8H,1H3,(H2,16,17,18,20). The van der Waals surface area contributed by atoms with Crippen LogP contribution in [-0.2, 0) is 0 Å². The van der Waals surface area contributed by atoms with E-state index >= 15 is 0 Å². The van der Waals surface area contributed by atoms with Gasteiger partial charge in [0.05, 0.1) is 0 Å². The number of Topliss-reactive ketones (excluding diaryl/α,β-unsaturated/α-hetero) is 1. The monoisotopic (exact) mass is 381 g/mol. The van der Waals surface area contributed by atoms with Crippen LogP contribution in [0.1, 0.15) is 17.3 Å². The summed E-state index contributed by atoms with van der Waals surface area (Å²) < 4.78 is 0.989. The Hall–Kier alpha value is -1.96. The predicted octanol–water partition coefficient (Wildman–Crippen LogP) is 3.53. The molecule has 2 aromatic rings. The van der Waals surface area contributed by atoms with Crippen molar-refractivity contribution in [3.8, 4) is 0 Å². The summed E-state index contributed by atoms with van der Waals surface area (Å²) in [5, 5.41) is 5.27. The van der Waals surface area contributed by atoms with E-state index in [1.807, 2.05) is 6.07 Å². The average Bonchev–Trinajstić information content (AvgIpc) is 2.41. The molecule has 102 valence electrons. The Labute approximate surface area is 129 Å². The highest BCUT2D eigenvalue weighted by molar-refractivity contribution is 14.1. The molecule has 0 bridgehead atoms. The third-order valence-electron chi connectivity index (χ3n) is 2.50. The van der Waals surface area contributed by atoms with Gasteiger partial charge in [-0.2, -0.15) is 0 Å². The Morgan fingerprint density at radius 2 is 1.95 bits per heavy atom. The number of amides is 2. The van der Waals surface area contributed by atoms with Gasteiger partial charge in [-0.05, 0) is 53.8 Å². The maximum atomic E-state index is 11.8. The SMILES string of the molecule is CC(=O)c1cccc(NC(=O)Nc2ccc(I)cn2)c1. The topological polar surface area (TPSA) is 71.1 Å². The van der Waals surface area contributed by atoms with Crippen molar-refractivity contribution >= 4 is 45.9 Å². The lowest BCUT2D eigenvalue weighted by Crippen LogP contribution is -2.20. The first-order chi connectivity index (χ1) is 9.54. The smallest absolute Gasteiger partial charge is 0.308 e. The summed E-state index contributed by atoms with van der Waals surface area (Å²) in [5.41, 5.74) is 1.11. The summed E-state index contributed by atoms with van der Waals surface area (Å²) in [6, 6.07) is 9.92. The highest BCUT2D eigenvalue weighted by Gasteiger charge is 2.05. The van der Waals surface area contributed by atoms with Crippen LogP contribution in [0.5, 0.6) is 0 Å². The fourth-order valence-electron chi connectivity index (χ4n) is 1.54. The van der Waals surface area contributed by atoms with Crippen LogP contribution in [-0.4, -0.2) is 16.8 Å². The maximum Gasteiger partial charge on any atom is 0.324 e. The molecule has 0 unspecified atom stereocenters. The Bertz CT molecular complexity index is 641. The van der Waals surface area contributed by atoms with Crippen molar-refractivity contribution in [3.63, 3.8) is 0 Å². The lowest BCUT2D eigenvalue weighted by atomic mass is 10.1. The molecule has 0 aliphatic carbocycles. The Morgan fingerprint density at radius 1 is 1.15 bits per heavy atom. The van der Waals surface area contributed by atoms with Gasteiger partial charge in [0.2, 0.25) is 0 Å². The first-order valence-corrected chi connectivity index (χ1v) is 6.93. The number of urea groups is 1. The summed E-state index contributed by atoms with van der Waals surface area (Å²) >= 11 is 2.14. The average molecular weight is 381 g/mol. The maximum absolute atomic E-state index is 11.8. The molecule has 1 heterocycles. The molecule has 5 nitrogen and oxygen atoms in total. The first kappa shape index (κ1) is 14.4. The van der Waals surface area contributed by atoms with Gasteiger partial charge in [0.25, 0.3) is 0 Å². The molecule has 0 fully saturated rings. The van der Waals surface area contributed by atoms with Gasteiger partial charge in [0.15, 0.2) is 5.78 Å². The molecule has 2 rings (SSSR count). The van der Waals surface area contributed by atoms with E-state index in [2.05, 4.69) is 38.2 Å². The number of nitrogens with one attached hydrogen (secondary N) is 2. The van der Waals surface area contributed by atoms with Crippen molar-refractivity contribution in [1.82, 2.24) is 4.98 Å². The Morgan fingerprint density at radius 3 is 2.60 bits per heavy atom. The number of anilines is 2. The molecule has 0 radical (unpaired) electrons. The molecule has 0 aliphatic rings. The molecule has 0 atom stereocenters. The van der Waals surface area contributed by atoms with Gasteiger partial charge in [0.1, 0.15) is 5.82 Å². The minimum atomic E-state index is -0.403. The number of carbonyl (C=O) groups excluding carboxylic acids is 2. The van der Waals surface area contributed by atoms with Crippen LogP contribution in [0.25, 0.3) is 0 Å². The second-order valence-corrected chi connectivity index (χ2v) is 5.32. The molecule has 2 amide bonds. The van der Waals surface area contributed by atoms with Crippen molar-refractivity contribution in [2.45, 2.75) is 6.92 Å². The first-order valence-electron chi connectivity index (χ1n) is 5.85. The summed E-state index contributed by atoms with van der Waals surface area (Å²) in [7, 11) is 0. The summed E-state index contributed by atoms with van der Waals surface area (Å²) in [6.07, 6.45) is 1.66. The van der Waals surface area contributed by atoms with Crippen LogP contribution in [0.15, 0.2) is 42.6 Å². The Kier molecular flexibility index (Phi) is 4.67. The minimum Gasteiger partial charge on any atom is -0.308 e. The molecule has 1 aromatic carbocycles.